The standard InChI is InChI=1S/C19H17ClF3NO4/c1-10(13-5-4-12(25)8-14(13)20)18(27,19(21,22)23)11-3-6-16-15(7-11)24(2)17(26)9-28-16/h3-8,10,25,27H,9H2,1-2H3. The van der Waals surface area contributed by atoms with Gasteiger partial charge < -0.3 is 19.8 Å². The molecule has 0 fully saturated rings. The molecule has 0 aliphatic carbocycles. The zero-order chi connectivity index (χ0) is 20.9. The molecule has 1 aliphatic rings. The van der Waals surface area contributed by atoms with E-state index in [4.69, 9.17) is 16.3 Å². The quantitative estimate of drug-likeness (QED) is 0.796. The number of amides is 1. The number of fused-ring (bicyclic) bond motifs is 1. The monoisotopic (exact) mass is 415 g/mol. The van der Waals surface area contributed by atoms with Gasteiger partial charge in [-0.15, -0.1) is 0 Å². The lowest BCUT2D eigenvalue weighted by Gasteiger charge is -2.38. The molecule has 3 rings (SSSR count). The van der Waals surface area contributed by atoms with E-state index in [0.29, 0.717) is 0 Å². The van der Waals surface area contributed by atoms with E-state index in [1.54, 1.807) is 0 Å². The molecule has 0 saturated carbocycles. The maximum atomic E-state index is 14.1. The van der Waals surface area contributed by atoms with E-state index in [9.17, 15) is 28.2 Å². The highest BCUT2D eigenvalue weighted by Crippen LogP contribution is 2.51. The minimum atomic E-state index is -5.06. The van der Waals surface area contributed by atoms with Crippen molar-refractivity contribution in [3.63, 3.8) is 0 Å². The van der Waals surface area contributed by atoms with Gasteiger partial charge in [-0.1, -0.05) is 30.7 Å². The minimum Gasteiger partial charge on any atom is -0.508 e. The lowest BCUT2D eigenvalue weighted by atomic mass is 9.77. The number of likely N-dealkylation sites (N-methyl/N-ethyl adjacent to an activating group) is 1. The van der Waals surface area contributed by atoms with Crippen LogP contribution in [0.5, 0.6) is 11.5 Å². The fraction of sp³-hybridized carbons (Fsp3) is 0.316. The maximum absolute atomic E-state index is 14.1. The number of phenolic OH excluding ortho intramolecular Hbond substituents is 1. The number of benzene rings is 2. The molecule has 0 radical (unpaired) electrons. The molecule has 1 aliphatic heterocycles. The molecule has 2 atom stereocenters. The normalized spacial score (nSPS) is 17.5. The Balaban J connectivity index is 2.16. The SMILES string of the molecule is CC(c1ccc(O)cc1Cl)C(O)(c1ccc2c(c1)N(C)C(=O)CO2)C(F)(F)F. The van der Waals surface area contributed by atoms with Crippen LogP contribution in [0.4, 0.5) is 18.9 Å². The van der Waals surface area contributed by atoms with E-state index in [-0.39, 0.29) is 34.4 Å². The smallest absolute Gasteiger partial charge is 0.422 e. The third kappa shape index (κ3) is 3.16. The van der Waals surface area contributed by atoms with Gasteiger partial charge in [-0.05, 0) is 35.4 Å². The Morgan fingerprint density at radius 1 is 1.21 bits per heavy atom. The molecule has 0 bridgehead atoms. The Labute approximate surface area is 163 Å². The molecule has 1 heterocycles. The second-order valence-electron chi connectivity index (χ2n) is 6.62. The summed E-state index contributed by atoms with van der Waals surface area (Å²) >= 11 is 6.01. The first kappa shape index (κ1) is 20.3. The van der Waals surface area contributed by atoms with Crippen LogP contribution < -0.4 is 9.64 Å². The molecular weight excluding hydrogens is 399 g/mol. The Hall–Kier alpha value is -2.45. The molecule has 2 unspecified atom stereocenters. The van der Waals surface area contributed by atoms with Gasteiger partial charge in [0.2, 0.25) is 0 Å². The predicted molar refractivity (Wildman–Crippen MR) is 96.8 cm³/mol. The maximum Gasteiger partial charge on any atom is 0.422 e. The zero-order valence-corrected chi connectivity index (χ0v) is 15.7. The number of phenols is 1. The summed E-state index contributed by atoms with van der Waals surface area (Å²) in [6.07, 6.45) is -5.06. The van der Waals surface area contributed by atoms with Crippen LogP contribution >= 0.6 is 11.6 Å². The van der Waals surface area contributed by atoms with E-state index in [2.05, 4.69) is 0 Å². The van der Waals surface area contributed by atoms with Crippen LogP contribution in [0.2, 0.25) is 5.02 Å². The number of aromatic hydroxyl groups is 1. The number of hydrogen-bond acceptors (Lipinski definition) is 4. The van der Waals surface area contributed by atoms with Crippen molar-refractivity contribution in [3.8, 4) is 11.5 Å². The predicted octanol–water partition coefficient (Wildman–Crippen LogP) is 3.95. The van der Waals surface area contributed by atoms with Gasteiger partial charge in [-0.3, -0.25) is 4.79 Å². The first-order chi connectivity index (χ1) is 13.0. The first-order valence-corrected chi connectivity index (χ1v) is 8.66. The van der Waals surface area contributed by atoms with Crippen molar-refractivity contribution in [2.75, 3.05) is 18.6 Å². The molecule has 150 valence electrons. The average Bonchev–Trinajstić information content (AvgIpc) is 2.62. The van der Waals surface area contributed by atoms with Crippen LogP contribution in [0, 0.1) is 0 Å². The van der Waals surface area contributed by atoms with Crippen LogP contribution in [0.15, 0.2) is 36.4 Å². The second-order valence-corrected chi connectivity index (χ2v) is 7.02. The fourth-order valence-electron chi connectivity index (χ4n) is 3.26. The van der Waals surface area contributed by atoms with Crippen molar-refractivity contribution in [2.45, 2.75) is 24.6 Å². The van der Waals surface area contributed by atoms with Crippen LogP contribution in [0.1, 0.15) is 24.0 Å². The number of aliphatic hydroxyl groups is 1. The van der Waals surface area contributed by atoms with Crippen molar-refractivity contribution < 1.29 is 32.9 Å². The minimum absolute atomic E-state index is 0.0118. The highest BCUT2D eigenvalue weighted by atomic mass is 35.5. The van der Waals surface area contributed by atoms with E-state index < -0.39 is 29.2 Å². The molecule has 0 saturated heterocycles. The highest BCUT2D eigenvalue weighted by molar-refractivity contribution is 6.31. The zero-order valence-electron chi connectivity index (χ0n) is 14.9. The van der Waals surface area contributed by atoms with Crippen molar-refractivity contribution in [1.82, 2.24) is 0 Å². The summed E-state index contributed by atoms with van der Waals surface area (Å²) in [6, 6.07) is 7.02. The summed E-state index contributed by atoms with van der Waals surface area (Å²) in [5, 5.41) is 20.3. The number of halogens is 4. The summed E-state index contributed by atoms with van der Waals surface area (Å²) < 4.78 is 47.5. The second kappa shape index (κ2) is 6.86. The van der Waals surface area contributed by atoms with Gasteiger partial charge in [0.25, 0.3) is 5.91 Å². The summed E-state index contributed by atoms with van der Waals surface area (Å²) in [4.78, 5) is 13.0. The molecule has 28 heavy (non-hydrogen) atoms. The largest absolute Gasteiger partial charge is 0.508 e. The summed E-state index contributed by atoms with van der Waals surface area (Å²) in [7, 11) is 1.42. The van der Waals surface area contributed by atoms with Crippen molar-refractivity contribution in [2.24, 2.45) is 0 Å². The van der Waals surface area contributed by atoms with E-state index in [1.807, 2.05) is 0 Å². The van der Waals surface area contributed by atoms with Crippen molar-refractivity contribution >= 4 is 23.2 Å². The Morgan fingerprint density at radius 3 is 2.50 bits per heavy atom. The molecule has 2 aromatic rings. The Morgan fingerprint density at radius 2 is 1.89 bits per heavy atom. The topological polar surface area (TPSA) is 70.0 Å². The summed E-state index contributed by atoms with van der Waals surface area (Å²) in [5.41, 5.74) is -3.62. The van der Waals surface area contributed by atoms with Gasteiger partial charge in [0.15, 0.2) is 12.2 Å². The summed E-state index contributed by atoms with van der Waals surface area (Å²) in [6.45, 7) is 0.975. The van der Waals surface area contributed by atoms with E-state index >= 15 is 0 Å². The number of alkyl halides is 3. The molecule has 1 amide bonds. The fourth-order valence-corrected chi connectivity index (χ4v) is 3.60. The molecule has 9 heteroatoms. The van der Waals surface area contributed by atoms with E-state index in [1.165, 1.54) is 37.1 Å². The molecule has 2 aromatic carbocycles. The van der Waals surface area contributed by atoms with Crippen molar-refractivity contribution in [1.29, 1.82) is 0 Å². The molecule has 0 spiro atoms. The van der Waals surface area contributed by atoms with Gasteiger partial charge in [0.1, 0.15) is 11.5 Å². The molecule has 2 N–H and O–H groups in total. The van der Waals surface area contributed by atoms with Gasteiger partial charge in [0.05, 0.1) is 5.69 Å². The van der Waals surface area contributed by atoms with Crippen molar-refractivity contribution in [3.05, 3.63) is 52.5 Å². The number of ether oxygens (including phenoxy) is 1. The van der Waals surface area contributed by atoms with Gasteiger partial charge in [-0.2, -0.15) is 13.2 Å². The number of rotatable bonds is 3. The lowest BCUT2D eigenvalue weighted by Crippen LogP contribution is -2.47. The number of carbonyl (C=O) groups excluding carboxylic acids is 1. The molecule has 0 aromatic heterocycles. The van der Waals surface area contributed by atoms with Crippen LogP contribution in [-0.2, 0) is 10.4 Å². The average molecular weight is 416 g/mol. The third-order valence-electron chi connectivity index (χ3n) is 5.00. The number of nitrogens with zero attached hydrogens (tertiary/aromatic N) is 1. The van der Waals surface area contributed by atoms with Crippen LogP contribution in [0.3, 0.4) is 0 Å². The van der Waals surface area contributed by atoms with Gasteiger partial charge in [-0.25, -0.2) is 0 Å². The first-order valence-electron chi connectivity index (χ1n) is 8.28. The van der Waals surface area contributed by atoms with Crippen LogP contribution in [-0.4, -0.2) is 36.0 Å². The Kier molecular flexibility index (Phi) is 4.97. The molecular formula is C19H17ClF3NO4. The summed E-state index contributed by atoms with van der Waals surface area (Å²) in [5.74, 6) is -1.90. The van der Waals surface area contributed by atoms with E-state index in [0.717, 1.165) is 18.2 Å². The Bertz CT molecular complexity index is 934. The number of anilines is 1. The van der Waals surface area contributed by atoms with Gasteiger partial charge >= 0.3 is 6.18 Å². The number of carbonyl (C=O) groups is 1. The number of hydrogen-bond donors (Lipinski definition) is 2. The highest BCUT2D eigenvalue weighted by Gasteiger charge is 2.59. The third-order valence-corrected chi connectivity index (χ3v) is 5.32. The lowest BCUT2D eigenvalue weighted by molar-refractivity contribution is -0.274. The van der Waals surface area contributed by atoms with Gasteiger partial charge in [0, 0.05) is 18.0 Å². The van der Waals surface area contributed by atoms with Crippen LogP contribution in [0.25, 0.3) is 0 Å². The molecule has 5 nitrogen and oxygen atoms in total.